The number of rotatable bonds is 3. The van der Waals surface area contributed by atoms with Gasteiger partial charge >= 0.3 is 0 Å². The first-order chi connectivity index (χ1) is 14.1. The maximum atomic E-state index is 12.7. The zero-order valence-corrected chi connectivity index (χ0v) is 16.5. The van der Waals surface area contributed by atoms with E-state index in [2.05, 4.69) is 29.8 Å². The lowest BCUT2D eigenvalue weighted by Gasteiger charge is -2.27. The molecular weight excluding hydrogens is 390 g/mol. The maximum absolute atomic E-state index is 12.7. The van der Waals surface area contributed by atoms with Gasteiger partial charge in [0.05, 0.1) is 33.2 Å². The summed E-state index contributed by atoms with van der Waals surface area (Å²) in [6, 6.07) is 3.75. The largest absolute Gasteiger partial charge is 0.306 e. The van der Waals surface area contributed by atoms with Gasteiger partial charge < -0.3 is 9.38 Å². The number of aromatic nitrogens is 6. The molecule has 0 unspecified atom stereocenters. The Kier molecular flexibility index (Phi) is 4.37. The number of aryl methyl sites for hydroxylation is 1. The van der Waals surface area contributed by atoms with Crippen LogP contribution in [-0.4, -0.2) is 40.8 Å². The molecule has 4 aromatic heterocycles. The Hall–Kier alpha value is -3.10. The fraction of sp³-hybridized carbons (Fsp3) is 0.250. The molecule has 0 spiro atoms. The third-order valence-electron chi connectivity index (χ3n) is 5.24. The second-order valence-electron chi connectivity index (χ2n) is 7.15. The Balaban J connectivity index is 1.44. The highest BCUT2D eigenvalue weighted by Gasteiger charge is 2.23. The summed E-state index contributed by atoms with van der Waals surface area (Å²) in [5.41, 5.74) is 5.04. The Labute approximate surface area is 171 Å². The molecule has 4 aromatic rings. The van der Waals surface area contributed by atoms with Gasteiger partial charge in [-0.05, 0) is 19.1 Å². The van der Waals surface area contributed by atoms with Crippen molar-refractivity contribution < 1.29 is 0 Å². The van der Waals surface area contributed by atoms with Gasteiger partial charge in [-0.3, -0.25) is 9.69 Å². The number of fused-ring (bicyclic) bond motifs is 2. The van der Waals surface area contributed by atoms with E-state index in [4.69, 9.17) is 11.6 Å². The number of nitrogens with zero attached hydrogens (tertiary/aromatic N) is 6. The summed E-state index contributed by atoms with van der Waals surface area (Å²) in [7, 11) is 0. The maximum Gasteiger partial charge on any atom is 0.255 e. The van der Waals surface area contributed by atoms with Crippen LogP contribution in [0.25, 0.3) is 17.0 Å². The van der Waals surface area contributed by atoms with E-state index in [1.807, 2.05) is 29.7 Å². The van der Waals surface area contributed by atoms with Crippen LogP contribution in [0.4, 0.5) is 0 Å². The van der Waals surface area contributed by atoms with E-state index in [9.17, 15) is 4.79 Å². The van der Waals surface area contributed by atoms with Gasteiger partial charge in [-0.1, -0.05) is 11.6 Å². The lowest BCUT2D eigenvalue weighted by molar-refractivity contribution is 0.238. The van der Waals surface area contributed by atoms with Crippen molar-refractivity contribution in [1.82, 2.24) is 34.2 Å². The van der Waals surface area contributed by atoms with Gasteiger partial charge in [-0.15, -0.1) is 0 Å². The van der Waals surface area contributed by atoms with E-state index in [1.54, 1.807) is 12.4 Å². The topological polar surface area (TPSA) is 92.1 Å². The summed E-state index contributed by atoms with van der Waals surface area (Å²) in [6.07, 6.45) is 7.33. The standard InChI is InChI=1S/C20H18ClN7O/c1-12-17(28-8-14(21)2-3-18(28)24-12)10-27-5-4-16-15(9-27)20(29)26-19(25-16)13-6-22-11-23-7-13/h2-3,6-8,11H,4-5,9-10H2,1H3,(H,25,26,29). The van der Waals surface area contributed by atoms with Crippen LogP contribution in [0.15, 0.2) is 41.8 Å². The fourth-order valence-corrected chi connectivity index (χ4v) is 3.92. The number of nitrogens with one attached hydrogen (secondary N) is 1. The van der Waals surface area contributed by atoms with Gasteiger partial charge in [0.25, 0.3) is 5.56 Å². The fourth-order valence-electron chi connectivity index (χ4n) is 3.76. The molecule has 0 radical (unpaired) electrons. The molecule has 146 valence electrons. The molecule has 0 aliphatic carbocycles. The highest BCUT2D eigenvalue weighted by Crippen LogP contribution is 2.22. The van der Waals surface area contributed by atoms with Crippen molar-refractivity contribution in [3.63, 3.8) is 0 Å². The average Bonchev–Trinajstić information content (AvgIpc) is 3.03. The van der Waals surface area contributed by atoms with Crippen molar-refractivity contribution in [3.8, 4) is 11.4 Å². The Bertz CT molecular complexity index is 1270. The van der Waals surface area contributed by atoms with Crippen LogP contribution in [0.3, 0.4) is 0 Å². The average molecular weight is 408 g/mol. The third kappa shape index (κ3) is 3.30. The second-order valence-corrected chi connectivity index (χ2v) is 7.58. The van der Waals surface area contributed by atoms with Crippen LogP contribution < -0.4 is 5.56 Å². The van der Waals surface area contributed by atoms with E-state index in [-0.39, 0.29) is 5.56 Å². The number of hydrogen-bond donors (Lipinski definition) is 1. The molecule has 0 saturated heterocycles. The van der Waals surface area contributed by atoms with Gasteiger partial charge in [-0.2, -0.15) is 0 Å². The smallest absolute Gasteiger partial charge is 0.255 e. The highest BCUT2D eigenvalue weighted by molar-refractivity contribution is 6.30. The third-order valence-corrected chi connectivity index (χ3v) is 5.46. The second kappa shape index (κ2) is 7.06. The summed E-state index contributed by atoms with van der Waals surface area (Å²) in [4.78, 5) is 35.1. The number of H-pyrrole nitrogens is 1. The first-order valence-electron chi connectivity index (χ1n) is 9.31. The molecule has 0 amide bonds. The summed E-state index contributed by atoms with van der Waals surface area (Å²) in [5, 5.41) is 0.665. The normalized spacial score (nSPS) is 14.3. The van der Waals surface area contributed by atoms with E-state index < -0.39 is 0 Å². The number of pyridine rings is 1. The van der Waals surface area contributed by atoms with Crippen LogP contribution in [-0.2, 0) is 19.5 Å². The Morgan fingerprint density at radius 3 is 2.86 bits per heavy atom. The highest BCUT2D eigenvalue weighted by atomic mass is 35.5. The van der Waals surface area contributed by atoms with Crippen LogP contribution in [0, 0.1) is 6.92 Å². The lowest BCUT2D eigenvalue weighted by Crippen LogP contribution is -2.35. The molecule has 0 bridgehead atoms. The molecule has 29 heavy (non-hydrogen) atoms. The number of aromatic amines is 1. The van der Waals surface area contributed by atoms with Crippen molar-refractivity contribution in [2.24, 2.45) is 0 Å². The Morgan fingerprint density at radius 2 is 2.03 bits per heavy atom. The van der Waals surface area contributed by atoms with Crippen molar-refractivity contribution in [3.05, 3.63) is 75.1 Å². The minimum atomic E-state index is -0.114. The van der Waals surface area contributed by atoms with E-state index in [0.717, 1.165) is 29.3 Å². The molecule has 0 aromatic carbocycles. The monoisotopic (exact) mass is 407 g/mol. The van der Waals surface area contributed by atoms with Gasteiger partial charge in [0, 0.05) is 44.6 Å². The molecule has 5 heterocycles. The van der Waals surface area contributed by atoms with E-state index in [0.29, 0.717) is 41.5 Å². The quantitative estimate of drug-likeness (QED) is 0.560. The molecule has 8 nitrogen and oxygen atoms in total. The molecule has 1 aliphatic rings. The summed E-state index contributed by atoms with van der Waals surface area (Å²) >= 11 is 6.17. The van der Waals surface area contributed by atoms with E-state index >= 15 is 0 Å². The molecule has 0 atom stereocenters. The van der Waals surface area contributed by atoms with Crippen molar-refractivity contribution in [2.45, 2.75) is 26.4 Å². The minimum absolute atomic E-state index is 0.114. The summed E-state index contributed by atoms with van der Waals surface area (Å²) in [6.45, 7) is 4.02. The first-order valence-corrected chi connectivity index (χ1v) is 9.69. The van der Waals surface area contributed by atoms with Gasteiger partial charge in [-0.25, -0.2) is 19.9 Å². The predicted octanol–water partition coefficient (Wildman–Crippen LogP) is 2.39. The van der Waals surface area contributed by atoms with Crippen LogP contribution in [0.2, 0.25) is 5.02 Å². The summed E-state index contributed by atoms with van der Waals surface area (Å²) in [5.74, 6) is 0.509. The zero-order valence-electron chi connectivity index (χ0n) is 15.8. The molecule has 1 aliphatic heterocycles. The SMILES string of the molecule is Cc1nc2ccc(Cl)cn2c1CN1CCc2nc(-c3cncnc3)[nH]c(=O)c2C1. The molecule has 5 rings (SSSR count). The van der Waals surface area contributed by atoms with Crippen molar-refractivity contribution in [1.29, 1.82) is 0 Å². The number of imidazole rings is 1. The summed E-state index contributed by atoms with van der Waals surface area (Å²) < 4.78 is 2.02. The molecular formula is C20H18ClN7O. The molecule has 1 N–H and O–H groups in total. The Morgan fingerprint density at radius 1 is 1.21 bits per heavy atom. The van der Waals surface area contributed by atoms with Crippen LogP contribution in [0.1, 0.15) is 22.6 Å². The van der Waals surface area contributed by atoms with Crippen molar-refractivity contribution >= 4 is 17.2 Å². The van der Waals surface area contributed by atoms with Crippen LogP contribution in [0.5, 0.6) is 0 Å². The number of hydrogen-bond acceptors (Lipinski definition) is 6. The van der Waals surface area contributed by atoms with Gasteiger partial charge in [0.15, 0.2) is 0 Å². The molecule has 0 fully saturated rings. The molecule has 0 saturated carbocycles. The van der Waals surface area contributed by atoms with Crippen molar-refractivity contribution in [2.75, 3.05) is 6.54 Å². The molecule has 9 heteroatoms. The predicted molar refractivity (Wildman–Crippen MR) is 109 cm³/mol. The van der Waals surface area contributed by atoms with Crippen LogP contribution >= 0.6 is 11.6 Å². The van der Waals surface area contributed by atoms with Gasteiger partial charge in [0.2, 0.25) is 0 Å². The zero-order chi connectivity index (χ0) is 20.0. The van der Waals surface area contributed by atoms with E-state index in [1.165, 1.54) is 6.33 Å². The van der Waals surface area contributed by atoms with Gasteiger partial charge in [0.1, 0.15) is 17.8 Å². The lowest BCUT2D eigenvalue weighted by atomic mass is 10.1. The number of halogens is 1. The first kappa shape index (κ1) is 18.0. The minimum Gasteiger partial charge on any atom is -0.306 e.